The summed E-state index contributed by atoms with van der Waals surface area (Å²) < 4.78 is 8.03. The summed E-state index contributed by atoms with van der Waals surface area (Å²) in [5, 5.41) is 2.28. The molecule has 0 unspecified atom stereocenters. The summed E-state index contributed by atoms with van der Waals surface area (Å²) in [6.45, 7) is 15.4. The molecule has 52 heavy (non-hydrogen) atoms. The number of benzene rings is 4. The van der Waals surface area contributed by atoms with Crippen LogP contribution in [0.3, 0.4) is 0 Å². The van der Waals surface area contributed by atoms with Crippen molar-refractivity contribution < 1.29 is 24.5 Å². The van der Waals surface area contributed by atoms with Gasteiger partial charge in [-0.25, -0.2) is 0 Å². The average Bonchev–Trinajstić information content (AvgIpc) is 3.48. The standard InChI is InChI=1S/C29H26NO.C18H24GeN.Ir/c1-17(2)21-13-14-30-25(15-21)23-11-9-20(5)28-24-12-10-22(16-26(24)31-29(23)28)27-18(3)7-6-8-19(27)4;1-14(2)11-16-12-18(15-9-7-6-8-10-15)20-13-17(16)19(3,4)5;/h6-10,12-17H,1-5H3;6-9,12-14H,11H2,1-5H3;/q2*-1;. The first-order valence-electron chi connectivity index (χ1n) is 18.2. The Morgan fingerprint density at radius 1 is 0.769 bits per heavy atom. The molecule has 0 saturated heterocycles. The molecule has 3 heterocycles. The minimum absolute atomic E-state index is 0. The number of aromatic nitrogens is 2. The average molecular weight is 924 g/mol. The summed E-state index contributed by atoms with van der Waals surface area (Å²) in [5.41, 5.74) is 14.7. The van der Waals surface area contributed by atoms with Gasteiger partial charge in [0, 0.05) is 31.7 Å². The van der Waals surface area contributed by atoms with Crippen LogP contribution in [0.15, 0.2) is 102 Å². The summed E-state index contributed by atoms with van der Waals surface area (Å²) >= 11 is -1.86. The number of rotatable bonds is 7. The van der Waals surface area contributed by atoms with E-state index in [0.717, 1.165) is 56.4 Å². The molecule has 0 saturated carbocycles. The van der Waals surface area contributed by atoms with Gasteiger partial charge in [-0.2, -0.15) is 0 Å². The topological polar surface area (TPSA) is 38.9 Å². The fraction of sp³-hybridized carbons (Fsp3) is 0.277. The Morgan fingerprint density at radius 3 is 2.17 bits per heavy atom. The Hall–Kier alpha value is -3.83. The molecule has 0 aliphatic heterocycles. The number of aryl methyl sites for hydroxylation is 3. The third kappa shape index (κ3) is 8.52. The predicted molar refractivity (Wildman–Crippen MR) is 220 cm³/mol. The number of fused-ring (bicyclic) bond motifs is 3. The Labute approximate surface area is 327 Å². The van der Waals surface area contributed by atoms with Gasteiger partial charge in [0.05, 0.1) is 5.58 Å². The van der Waals surface area contributed by atoms with Crippen LogP contribution in [0.2, 0.25) is 17.3 Å². The van der Waals surface area contributed by atoms with Crippen molar-refractivity contribution in [2.45, 2.75) is 78.1 Å². The van der Waals surface area contributed by atoms with E-state index in [9.17, 15) is 0 Å². The molecule has 0 bridgehead atoms. The van der Waals surface area contributed by atoms with Crippen molar-refractivity contribution in [1.29, 1.82) is 0 Å². The zero-order valence-electron chi connectivity index (χ0n) is 32.2. The van der Waals surface area contributed by atoms with Crippen LogP contribution < -0.4 is 4.40 Å². The second kappa shape index (κ2) is 16.5. The van der Waals surface area contributed by atoms with Crippen LogP contribution in [-0.2, 0) is 26.5 Å². The second-order valence-corrected chi connectivity index (χ2v) is 26.2. The molecule has 0 spiro atoms. The summed E-state index contributed by atoms with van der Waals surface area (Å²) in [6, 6.07) is 36.4. The largest absolute Gasteiger partial charge is 0.501 e. The maximum absolute atomic E-state index is 6.49. The van der Waals surface area contributed by atoms with E-state index in [1.807, 2.05) is 24.4 Å². The van der Waals surface area contributed by atoms with Gasteiger partial charge in [-0.1, -0.05) is 73.7 Å². The van der Waals surface area contributed by atoms with Gasteiger partial charge in [0.2, 0.25) is 0 Å². The molecular weight excluding hydrogens is 873 g/mol. The fourth-order valence-electron chi connectivity index (χ4n) is 7.02. The van der Waals surface area contributed by atoms with E-state index >= 15 is 0 Å². The molecule has 0 aliphatic rings. The molecule has 0 N–H and O–H groups in total. The SMILES string of the molecule is CC(C)Cc1cc(-c2[c-]cccc2)nc[c]1[Ge]([CH3])([CH3])[CH3].Cc1cccc(C)c1-c1ccc2c(c1)oc1c(-c3cc(C(C)C)ccn3)[c-]cc(C)c12.[Ir]. The van der Waals surface area contributed by atoms with Gasteiger partial charge in [0.15, 0.2) is 0 Å². The van der Waals surface area contributed by atoms with Gasteiger partial charge in [0.25, 0.3) is 0 Å². The van der Waals surface area contributed by atoms with Crippen molar-refractivity contribution in [1.82, 2.24) is 9.97 Å². The minimum Gasteiger partial charge on any atom is -0.501 e. The quantitative estimate of drug-likeness (QED) is 0.118. The molecule has 0 fully saturated rings. The molecule has 1 radical (unpaired) electrons. The first-order chi connectivity index (χ1) is 24.3. The predicted octanol–water partition coefficient (Wildman–Crippen LogP) is 12.5. The monoisotopic (exact) mass is 925 g/mol. The van der Waals surface area contributed by atoms with Gasteiger partial charge in [-0.3, -0.25) is 0 Å². The van der Waals surface area contributed by atoms with E-state index in [0.29, 0.717) is 11.8 Å². The first kappa shape index (κ1) is 39.4. The van der Waals surface area contributed by atoms with Crippen molar-refractivity contribution in [3.63, 3.8) is 0 Å². The van der Waals surface area contributed by atoms with Crippen molar-refractivity contribution in [3.05, 3.63) is 137 Å². The Balaban J connectivity index is 0.000000217. The van der Waals surface area contributed by atoms with Gasteiger partial charge in [0.1, 0.15) is 5.58 Å². The molecule has 269 valence electrons. The minimum atomic E-state index is -1.86. The molecule has 3 nitrogen and oxygen atoms in total. The smallest absolute Gasteiger partial charge is 0.121 e. The van der Waals surface area contributed by atoms with E-state index in [1.165, 1.54) is 33.4 Å². The van der Waals surface area contributed by atoms with Crippen LogP contribution in [0, 0.1) is 38.8 Å². The maximum Gasteiger partial charge on any atom is 0.121 e. The van der Waals surface area contributed by atoms with Crippen LogP contribution >= 0.6 is 0 Å². The maximum atomic E-state index is 6.49. The van der Waals surface area contributed by atoms with Crippen LogP contribution in [0.5, 0.6) is 0 Å². The molecule has 7 rings (SSSR count). The molecule has 7 aromatic rings. The number of nitrogens with zero attached hydrogens (tertiary/aromatic N) is 2. The van der Waals surface area contributed by atoms with Crippen LogP contribution in [0.25, 0.3) is 55.6 Å². The molecule has 0 aliphatic carbocycles. The molecule has 0 amide bonds. The normalized spacial score (nSPS) is 11.5. The third-order valence-electron chi connectivity index (χ3n) is 9.63. The van der Waals surface area contributed by atoms with Crippen LogP contribution in [-0.4, -0.2) is 23.2 Å². The van der Waals surface area contributed by atoms with E-state index in [4.69, 9.17) is 9.40 Å². The van der Waals surface area contributed by atoms with E-state index in [-0.39, 0.29) is 20.1 Å². The van der Waals surface area contributed by atoms with Gasteiger partial charge in [-0.05, 0) is 59.8 Å². The van der Waals surface area contributed by atoms with Crippen LogP contribution in [0.1, 0.15) is 61.4 Å². The summed E-state index contributed by atoms with van der Waals surface area (Å²) in [5.74, 6) is 8.44. The van der Waals surface area contributed by atoms with Gasteiger partial charge < -0.3 is 9.40 Å². The first-order valence-corrected chi connectivity index (χ1v) is 25.5. The van der Waals surface area contributed by atoms with Crippen LogP contribution in [0.4, 0.5) is 0 Å². The number of hydrogen-bond donors (Lipinski definition) is 0. The summed E-state index contributed by atoms with van der Waals surface area (Å²) in [4.78, 5) is 9.34. The number of furan rings is 1. The molecule has 0 atom stereocenters. The van der Waals surface area contributed by atoms with Crippen molar-refractivity contribution in [2.75, 3.05) is 0 Å². The molecule has 3 aromatic heterocycles. The van der Waals surface area contributed by atoms with Crippen molar-refractivity contribution >= 4 is 39.6 Å². The Kier molecular flexibility index (Phi) is 12.5. The second-order valence-electron chi connectivity index (χ2n) is 15.6. The zero-order valence-corrected chi connectivity index (χ0v) is 36.7. The third-order valence-corrected chi connectivity index (χ3v) is 14.0. The Morgan fingerprint density at radius 2 is 1.52 bits per heavy atom. The number of hydrogen-bond acceptors (Lipinski definition) is 3. The van der Waals surface area contributed by atoms with E-state index < -0.39 is 13.3 Å². The van der Waals surface area contributed by atoms with E-state index in [2.05, 4.69) is 156 Å². The number of pyridine rings is 2. The van der Waals surface area contributed by atoms with Gasteiger partial charge in [-0.15, -0.1) is 17.7 Å². The van der Waals surface area contributed by atoms with Crippen molar-refractivity contribution in [3.8, 4) is 33.6 Å². The molecule has 5 heteroatoms. The molecule has 4 aromatic carbocycles. The summed E-state index contributed by atoms with van der Waals surface area (Å²) in [6.07, 6.45) is 5.15. The summed E-state index contributed by atoms with van der Waals surface area (Å²) in [7, 11) is 0. The van der Waals surface area contributed by atoms with E-state index in [1.54, 1.807) is 4.40 Å². The van der Waals surface area contributed by atoms with Gasteiger partial charge >= 0.3 is 126 Å². The fourth-order valence-corrected chi connectivity index (χ4v) is 10.4. The Bertz CT molecular complexity index is 2300. The van der Waals surface area contributed by atoms with Crippen molar-refractivity contribution in [2.24, 2.45) is 5.92 Å². The zero-order chi connectivity index (χ0) is 36.4. The molecular formula is C47H50GeIrN2O-2.